The van der Waals surface area contributed by atoms with E-state index < -0.39 is 0 Å². The molecule has 0 bridgehead atoms. The van der Waals surface area contributed by atoms with E-state index >= 15 is 0 Å². The van der Waals surface area contributed by atoms with E-state index in [1.54, 1.807) is 18.2 Å². The molecule has 0 saturated heterocycles. The average Bonchev–Trinajstić information content (AvgIpc) is 2.89. The van der Waals surface area contributed by atoms with Crippen LogP contribution in [0.15, 0.2) is 47.0 Å². The summed E-state index contributed by atoms with van der Waals surface area (Å²) in [7, 11) is 0. The molecule has 0 aliphatic rings. The lowest BCUT2D eigenvalue weighted by Gasteiger charge is -2.02. The van der Waals surface area contributed by atoms with Gasteiger partial charge in [0.25, 0.3) is 5.89 Å². The van der Waals surface area contributed by atoms with Crippen LogP contribution in [0.25, 0.3) is 11.5 Å². The number of aromatic nitrogens is 2. The molecule has 0 radical (unpaired) electrons. The van der Waals surface area contributed by atoms with Gasteiger partial charge in [0.05, 0.1) is 10.6 Å². The third kappa shape index (κ3) is 2.76. The van der Waals surface area contributed by atoms with Crippen molar-refractivity contribution in [2.75, 3.05) is 5.73 Å². The number of hydrogen-bond donors (Lipinski definition) is 1. The summed E-state index contributed by atoms with van der Waals surface area (Å²) in [5, 5.41) is 4.51. The van der Waals surface area contributed by atoms with Gasteiger partial charge in [0.2, 0.25) is 0 Å². The molecule has 1 aromatic heterocycles. The fraction of sp³-hybridized carbons (Fsp3) is 0.125. The molecule has 0 saturated carbocycles. The van der Waals surface area contributed by atoms with E-state index in [0.717, 1.165) is 5.56 Å². The summed E-state index contributed by atoms with van der Waals surface area (Å²) in [4.78, 5) is 4.40. The summed E-state index contributed by atoms with van der Waals surface area (Å²) >= 11 is 6.15. The Morgan fingerprint density at radius 1 is 1.14 bits per heavy atom. The molecule has 0 aliphatic carbocycles. The van der Waals surface area contributed by atoms with Crippen LogP contribution in [0.1, 0.15) is 17.0 Å². The minimum Gasteiger partial charge on any atom is -0.398 e. The monoisotopic (exact) mass is 299 g/mol. The van der Waals surface area contributed by atoms with Crippen molar-refractivity contribution < 1.29 is 4.52 Å². The summed E-state index contributed by atoms with van der Waals surface area (Å²) in [6.07, 6.45) is 0.612. The number of nitrogens with zero attached hydrogens (tertiary/aromatic N) is 2. The largest absolute Gasteiger partial charge is 0.398 e. The van der Waals surface area contributed by atoms with E-state index in [1.165, 1.54) is 5.56 Å². The van der Waals surface area contributed by atoms with Gasteiger partial charge in [-0.05, 0) is 30.2 Å². The van der Waals surface area contributed by atoms with Crippen molar-refractivity contribution in [2.45, 2.75) is 13.3 Å². The van der Waals surface area contributed by atoms with E-state index in [-0.39, 0.29) is 0 Å². The Kier molecular flexibility index (Phi) is 3.62. The molecular weight excluding hydrogens is 286 g/mol. The van der Waals surface area contributed by atoms with Crippen LogP contribution in [0.5, 0.6) is 0 Å². The molecule has 106 valence electrons. The number of nitrogen functional groups attached to an aromatic ring is 1. The van der Waals surface area contributed by atoms with Gasteiger partial charge in [0, 0.05) is 12.1 Å². The van der Waals surface area contributed by atoms with Gasteiger partial charge in [-0.15, -0.1) is 0 Å². The van der Waals surface area contributed by atoms with Crippen LogP contribution in [0.4, 0.5) is 5.69 Å². The van der Waals surface area contributed by atoms with Crippen molar-refractivity contribution in [3.63, 3.8) is 0 Å². The Hall–Kier alpha value is -2.33. The van der Waals surface area contributed by atoms with Gasteiger partial charge < -0.3 is 10.3 Å². The average molecular weight is 300 g/mol. The number of anilines is 1. The van der Waals surface area contributed by atoms with Crippen molar-refractivity contribution in [3.05, 3.63) is 64.4 Å². The first kappa shape index (κ1) is 13.6. The van der Waals surface area contributed by atoms with Crippen molar-refractivity contribution in [1.29, 1.82) is 0 Å². The molecule has 3 aromatic rings. The zero-order chi connectivity index (χ0) is 14.8. The molecule has 0 atom stereocenters. The van der Waals surface area contributed by atoms with Crippen molar-refractivity contribution >= 4 is 17.3 Å². The van der Waals surface area contributed by atoms with Crippen molar-refractivity contribution in [1.82, 2.24) is 10.1 Å². The SMILES string of the molecule is Cc1ccccc1Cc1noc(-c2c(N)cccc2Cl)n1. The van der Waals surface area contributed by atoms with Crippen LogP contribution in [0.3, 0.4) is 0 Å². The molecule has 5 heteroatoms. The number of nitrogens with two attached hydrogens (primary N) is 1. The molecule has 0 aliphatic heterocycles. The second-order valence-corrected chi connectivity index (χ2v) is 5.23. The lowest BCUT2D eigenvalue weighted by atomic mass is 10.1. The Morgan fingerprint density at radius 3 is 2.71 bits per heavy atom. The highest BCUT2D eigenvalue weighted by atomic mass is 35.5. The van der Waals surface area contributed by atoms with Crippen LogP contribution >= 0.6 is 11.6 Å². The second-order valence-electron chi connectivity index (χ2n) is 4.82. The van der Waals surface area contributed by atoms with E-state index in [4.69, 9.17) is 21.9 Å². The Balaban J connectivity index is 1.92. The van der Waals surface area contributed by atoms with Gasteiger partial charge in [-0.1, -0.05) is 47.1 Å². The number of hydrogen-bond acceptors (Lipinski definition) is 4. The van der Waals surface area contributed by atoms with Gasteiger partial charge in [-0.2, -0.15) is 4.98 Å². The number of benzene rings is 2. The first-order valence-corrected chi connectivity index (χ1v) is 6.94. The van der Waals surface area contributed by atoms with Crippen molar-refractivity contribution in [2.24, 2.45) is 0 Å². The molecule has 2 N–H and O–H groups in total. The number of halogens is 1. The van der Waals surface area contributed by atoms with Gasteiger partial charge in [0.1, 0.15) is 0 Å². The molecule has 0 unspecified atom stereocenters. The maximum absolute atomic E-state index is 6.15. The molecule has 0 amide bonds. The molecule has 2 aromatic carbocycles. The molecule has 1 heterocycles. The van der Waals surface area contributed by atoms with Gasteiger partial charge in [-0.3, -0.25) is 0 Å². The standard InChI is InChI=1S/C16H14ClN3O/c1-10-5-2-3-6-11(10)9-14-19-16(21-20-14)15-12(17)7-4-8-13(15)18/h2-8H,9,18H2,1H3. The number of rotatable bonds is 3. The lowest BCUT2D eigenvalue weighted by Crippen LogP contribution is -1.94. The minimum absolute atomic E-state index is 0.349. The van der Waals surface area contributed by atoms with E-state index in [1.807, 2.05) is 12.1 Å². The predicted molar refractivity (Wildman–Crippen MR) is 83.1 cm³/mol. The smallest absolute Gasteiger partial charge is 0.261 e. The van der Waals surface area contributed by atoms with E-state index in [2.05, 4.69) is 29.2 Å². The summed E-state index contributed by atoms with van der Waals surface area (Å²) in [5.74, 6) is 0.959. The molecule has 4 nitrogen and oxygen atoms in total. The highest BCUT2D eigenvalue weighted by Gasteiger charge is 2.15. The van der Waals surface area contributed by atoms with Gasteiger partial charge in [-0.25, -0.2) is 0 Å². The maximum Gasteiger partial charge on any atom is 0.261 e. The normalized spacial score (nSPS) is 10.8. The summed E-state index contributed by atoms with van der Waals surface area (Å²) in [6.45, 7) is 2.06. The van der Waals surface area contributed by atoms with Crippen LogP contribution in [-0.2, 0) is 6.42 Å². The second kappa shape index (κ2) is 5.58. The summed E-state index contributed by atoms with van der Waals surface area (Å²) < 4.78 is 5.30. The Bertz CT molecular complexity index is 762. The molecule has 21 heavy (non-hydrogen) atoms. The zero-order valence-electron chi connectivity index (χ0n) is 11.5. The molecule has 0 fully saturated rings. The Labute approximate surface area is 127 Å². The topological polar surface area (TPSA) is 64.9 Å². The maximum atomic E-state index is 6.15. The molecular formula is C16H14ClN3O. The first-order chi connectivity index (χ1) is 10.1. The quantitative estimate of drug-likeness (QED) is 0.746. The van der Waals surface area contributed by atoms with Crippen LogP contribution in [0, 0.1) is 6.92 Å². The van der Waals surface area contributed by atoms with Gasteiger partial charge in [0.15, 0.2) is 5.82 Å². The van der Waals surface area contributed by atoms with Crippen LogP contribution < -0.4 is 5.73 Å². The lowest BCUT2D eigenvalue weighted by molar-refractivity contribution is 0.424. The predicted octanol–water partition coefficient (Wildman–Crippen LogP) is 3.87. The van der Waals surface area contributed by atoms with E-state index in [9.17, 15) is 0 Å². The number of aryl methyl sites for hydroxylation is 1. The van der Waals surface area contributed by atoms with Crippen LogP contribution in [-0.4, -0.2) is 10.1 Å². The third-order valence-corrected chi connectivity index (χ3v) is 3.65. The fourth-order valence-corrected chi connectivity index (χ4v) is 2.44. The highest BCUT2D eigenvalue weighted by molar-refractivity contribution is 6.33. The fourth-order valence-electron chi connectivity index (χ4n) is 2.17. The van der Waals surface area contributed by atoms with Crippen molar-refractivity contribution in [3.8, 4) is 11.5 Å². The highest BCUT2D eigenvalue weighted by Crippen LogP contribution is 2.32. The first-order valence-electron chi connectivity index (χ1n) is 6.56. The molecule has 0 spiro atoms. The Morgan fingerprint density at radius 2 is 1.95 bits per heavy atom. The van der Waals surface area contributed by atoms with Gasteiger partial charge >= 0.3 is 0 Å². The van der Waals surface area contributed by atoms with Crippen LogP contribution in [0.2, 0.25) is 5.02 Å². The zero-order valence-corrected chi connectivity index (χ0v) is 12.3. The molecule has 3 rings (SSSR count). The summed E-state index contributed by atoms with van der Waals surface area (Å²) in [6, 6.07) is 13.4. The minimum atomic E-state index is 0.349. The summed E-state index contributed by atoms with van der Waals surface area (Å²) in [5.41, 5.74) is 9.39. The third-order valence-electron chi connectivity index (χ3n) is 3.34. The van der Waals surface area contributed by atoms with E-state index in [0.29, 0.717) is 34.4 Å².